The molecular weight excluding hydrogens is 280 g/mol. The van der Waals surface area contributed by atoms with E-state index in [-0.39, 0.29) is 5.25 Å². The average molecular weight is 298 g/mol. The van der Waals surface area contributed by atoms with Crippen LogP contribution in [0.3, 0.4) is 0 Å². The van der Waals surface area contributed by atoms with E-state index in [1.165, 1.54) is 22.3 Å². The molecule has 0 fully saturated rings. The van der Waals surface area contributed by atoms with E-state index in [0.29, 0.717) is 0 Å². The van der Waals surface area contributed by atoms with E-state index in [1.807, 2.05) is 6.21 Å². The van der Waals surface area contributed by atoms with Crippen LogP contribution >= 0.6 is 0 Å². The molecule has 0 radical (unpaired) electrons. The second-order valence-corrected chi connectivity index (χ2v) is 7.57. The summed E-state index contributed by atoms with van der Waals surface area (Å²) in [5.74, 6) is 0. The number of fused-ring (bicyclic) bond motifs is 1. The number of hydrogen-bond donors (Lipinski definition) is 1. The van der Waals surface area contributed by atoms with Gasteiger partial charge in [-0.25, -0.2) is 0 Å². The van der Waals surface area contributed by atoms with Crippen LogP contribution in [0.2, 0.25) is 0 Å². The summed E-state index contributed by atoms with van der Waals surface area (Å²) in [6.45, 7) is 2.08. The standard InChI is InChI=1S/C17H18N2OS/c1-11-2-4-12(5-3-11)16-10-14-15(21(16)20)7-6-13-8-9-18-19-17(13)14/h2-5,9,16,19H,6-8,10H2,1H3. The van der Waals surface area contributed by atoms with Crippen LogP contribution in [0.25, 0.3) is 0 Å². The van der Waals surface area contributed by atoms with E-state index in [2.05, 4.69) is 41.7 Å². The summed E-state index contributed by atoms with van der Waals surface area (Å²) in [6, 6.07) is 8.46. The van der Waals surface area contributed by atoms with Crippen LogP contribution in [0.5, 0.6) is 0 Å². The normalized spacial score (nSPS) is 27.5. The Morgan fingerprint density at radius 2 is 2.05 bits per heavy atom. The molecule has 1 N–H and O–H groups in total. The maximum atomic E-state index is 12.9. The molecule has 2 heterocycles. The summed E-state index contributed by atoms with van der Waals surface area (Å²) >= 11 is 0. The first-order chi connectivity index (χ1) is 10.2. The predicted molar refractivity (Wildman–Crippen MR) is 86.2 cm³/mol. The molecule has 2 aliphatic heterocycles. The van der Waals surface area contributed by atoms with E-state index in [1.54, 1.807) is 0 Å². The summed E-state index contributed by atoms with van der Waals surface area (Å²) in [5.41, 5.74) is 9.42. The molecule has 2 unspecified atom stereocenters. The fourth-order valence-electron chi connectivity index (χ4n) is 3.40. The van der Waals surface area contributed by atoms with Crippen molar-refractivity contribution >= 4 is 17.0 Å². The van der Waals surface area contributed by atoms with Gasteiger partial charge in [0.1, 0.15) is 0 Å². The van der Waals surface area contributed by atoms with Crippen LogP contribution in [0.4, 0.5) is 0 Å². The highest BCUT2D eigenvalue weighted by atomic mass is 32.2. The highest BCUT2D eigenvalue weighted by Gasteiger charge is 2.37. The van der Waals surface area contributed by atoms with Crippen LogP contribution in [-0.4, -0.2) is 10.4 Å². The van der Waals surface area contributed by atoms with Crippen molar-refractivity contribution in [3.63, 3.8) is 0 Å². The van der Waals surface area contributed by atoms with Crippen molar-refractivity contribution in [3.8, 4) is 0 Å². The maximum Gasteiger partial charge on any atom is 0.0682 e. The largest absolute Gasteiger partial charge is 0.279 e. The number of hydrazone groups is 1. The third kappa shape index (κ3) is 2.09. The van der Waals surface area contributed by atoms with Crippen molar-refractivity contribution in [1.29, 1.82) is 0 Å². The van der Waals surface area contributed by atoms with Gasteiger partial charge < -0.3 is 0 Å². The summed E-state index contributed by atoms with van der Waals surface area (Å²) in [7, 11) is -0.896. The zero-order valence-electron chi connectivity index (χ0n) is 12.1. The second kappa shape index (κ2) is 4.95. The molecule has 0 saturated carbocycles. The van der Waals surface area contributed by atoms with Gasteiger partial charge in [-0.05, 0) is 42.9 Å². The van der Waals surface area contributed by atoms with Crippen LogP contribution in [0.1, 0.15) is 42.1 Å². The Bertz CT molecular complexity index is 713. The Labute approximate surface area is 127 Å². The molecule has 0 amide bonds. The van der Waals surface area contributed by atoms with E-state index < -0.39 is 10.8 Å². The molecule has 1 aromatic carbocycles. The van der Waals surface area contributed by atoms with Gasteiger partial charge in [0, 0.05) is 17.5 Å². The van der Waals surface area contributed by atoms with Crippen LogP contribution in [0.15, 0.2) is 51.1 Å². The number of allylic oxidation sites excluding steroid dienone is 3. The Morgan fingerprint density at radius 3 is 2.86 bits per heavy atom. The van der Waals surface area contributed by atoms with Gasteiger partial charge in [0.2, 0.25) is 0 Å². The number of benzene rings is 1. The minimum Gasteiger partial charge on any atom is -0.279 e. The molecule has 4 rings (SSSR count). The van der Waals surface area contributed by atoms with Crippen molar-refractivity contribution < 1.29 is 4.21 Å². The first-order valence-electron chi connectivity index (χ1n) is 7.43. The van der Waals surface area contributed by atoms with Gasteiger partial charge in [-0.3, -0.25) is 9.63 Å². The first kappa shape index (κ1) is 13.0. The van der Waals surface area contributed by atoms with Crippen molar-refractivity contribution in [3.05, 3.63) is 57.1 Å². The lowest BCUT2D eigenvalue weighted by Crippen LogP contribution is -2.19. The van der Waals surface area contributed by atoms with E-state index in [9.17, 15) is 4.21 Å². The number of aryl methyl sites for hydroxylation is 1. The second-order valence-electron chi connectivity index (χ2n) is 5.91. The van der Waals surface area contributed by atoms with Crippen LogP contribution in [-0.2, 0) is 10.8 Å². The molecule has 3 aliphatic rings. The highest BCUT2D eigenvalue weighted by Crippen LogP contribution is 2.47. The molecule has 21 heavy (non-hydrogen) atoms. The number of nitrogens with zero attached hydrogens (tertiary/aromatic N) is 1. The summed E-state index contributed by atoms with van der Waals surface area (Å²) in [6.07, 6.45) is 5.68. The van der Waals surface area contributed by atoms with Gasteiger partial charge in [0.25, 0.3) is 0 Å². The SMILES string of the molecule is Cc1ccc(C2CC3=C(CCC4=C3NN=CC4)S2=O)cc1. The third-order valence-electron chi connectivity index (χ3n) is 4.59. The van der Waals surface area contributed by atoms with Gasteiger partial charge in [0.15, 0.2) is 0 Å². The van der Waals surface area contributed by atoms with Gasteiger partial charge >= 0.3 is 0 Å². The van der Waals surface area contributed by atoms with E-state index in [0.717, 1.165) is 36.3 Å². The smallest absolute Gasteiger partial charge is 0.0682 e. The number of hydrogen-bond acceptors (Lipinski definition) is 3. The molecule has 0 bridgehead atoms. The van der Waals surface area contributed by atoms with Crippen molar-refractivity contribution in [2.45, 2.75) is 37.9 Å². The average Bonchev–Trinajstić information content (AvgIpc) is 2.86. The Kier molecular flexibility index (Phi) is 3.07. The third-order valence-corrected chi connectivity index (χ3v) is 6.48. The molecule has 4 heteroatoms. The minimum atomic E-state index is -0.896. The Hall–Kier alpha value is -1.68. The monoisotopic (exact) mass is 298 g/mol. The van der Waals surface area contributed by atoms with Gasteiger partial charge in [0.05, 0.1) is 21.7 Å². The number of nitrogens with one attached hydrogen (secondary N) is 1. The molecule has 0 saturated heterocycles. The Morgan fingerprint density at radius 1 is 1.24 bits per heavy atom. The molecule has 0 spiro atoms. The Balaban J connectivity index is 1.68. The highest BCUT2D eigenvalue weighted by molar-refractivity contribution is 7.89. The van der Waals surface area contributed by atoms with Gasteiger partial charge in [-0.1, -0.05) is 29.8 Å². The topological polar surface area (TPSA) is 41.5 Å². The molecule has 1 aromatic rings. The zero-order valence-corrected chi connectivity index (χ0v) is 12.9. The quantitative estimate of drug-likeness (QED) is 0.862. The fourth-order valence-corrected chi connectivity index (χ4v) is 5.20. The van der Waals surface area contributed by atoms with E-state index in [4.69, 9.17) is 0 Å². The maximum absolute atomic E-state index is 12.9. The fraction of sp³-hybridized carbons (Fsp3) is 0.353. The van der Waals surface area contributed by atoms with Crippen LogP contribution < -0.4 is 5.43 Å². The summed E-state index contributed by atoms with van der Waals surface area (Å²) in [5, 5.41) is 4.30. The molecule has 108 valence electrons. The molecule has 2 atom stereocenters. The lowest BCUT2D eigenvalue weighted by Gasteiger charge is -2.23. The van der Waals surface area contributed by atoms with Gasteiger partial charge in [-0.15, -0.1) is 0 Å². The van der Waals surface area contributed by atoms with Gasteiger partial charge in [-0.2, -0.15) is 5.10 Å². The molecule has 0 aromatic heterocycles. The zero-order chi connectivity index (χ0) is 14.4. The molecular formula is C17H18N2OS. The first-order valence-corrected chi connectivity index (χ1v) is 8.64. The molecule has 3 nitrogen and oxygen atoms in total. The summed E-state index contributed by atoms with van der Waals surface area (Å²) in [4.78, 5) is 1.14. The minimum absolute atomic E-state index is 0.107. The predicted octanol–water partition coefficient (Wildman–Crippen LogP) is 3.47. The van der Waals surface area contributed by atoms with Crippen molar-refractivity contribution in [2.75, 3.05) is 0 Å². The van der Waals surface area contributed by atoms with Crippen LogP contribution in [0, 0.1) is 6.92 Å². The number of rotatable bonds is 1. The van der Waals surface area contributed by atoms with E-state index >= 15 is 0 Å². The lowest BCUT2D eigenvalue weighted by molar-refractivity contribution is 0.678. The molecule has 1 aliphatic carbocycles. The van der Waals surface area contributed by atoms with Crippen molar-refractivity contribution in [2.24, 2.45) is 5.10 Å². The van der Waals surface area contributed by atoms with Crippen molar-refractivity contribution in [1.82, 2.24) is 5.43 Å². The lowest BCUT2D eigenvalue weighted by atomic mass is 9.90. The summed E-state index contributed by atoms with van der Waals surface area (Å²) < 4.78 is 12.9.